The summed E-state index contributed by atoms with van der Waals surface area (Å²) in [5.74, 6) is 2.96. The van der Waals surface area contributed by atoms with E-state index in [1.807, 2.05) is 12.1 Å². The normalized spacial score (nSPS) is 14.1. The average Bonchev–Trinajstić information content (AvgIpc) is 3.59. The second kappa shape index (κ2) is 12.0. The highest BCUT2D eigenvalue weighted by Crippen LogP contribution is 2.43. The summed E-state index contributed by atoms with van der Waals surface area (Å²) in [6.07, 6.45) is 3.09. The molecule has 2 aromatic heterocycles. The number of rotatable bonds is 5. The summed E-state index contributed by atoms with van der Waals surface area (Å²) in [5.41, 5.74) is 8.35. The van der Waals surface area contributed by atoms with Crippen LogP contribution in [-0.4, -0.2) is 15.0 Å². The third kappa shape index (κ3) is 5.20. The van der Waals surface area contributed by atoms with Gasteiger partial charge in [-0.25, -0.2) is 15.0 Å². The molecule has 0 spiro atoms. The van der Waals surface area contributed by atoms with Gasteiger partial charge in [-0.15, -0.1) is 0 Å². The molecule has 0 saturated carbocycles. The molecule has 0 bridgehead atoms. The van der Waals surface area contributed by atoms with Gasteiger partial charge in [-0.2, -0.15) is 0 Å². The van der Waals surface area contributed by atoms with Crippen LogP contribution in [-0.2, 0) is 6.42 Å². The molecule has 4 nitrogen and oxygen atoms in total. The van der Waals surface area contributed by atoms with E-state index in [1.165, 1.54) is 27.3 Å². The molecular weight excluding hydrogens is 623 g/mol. The highest BCUT2D eigenvalue weighted by Gasteiger charge is 2.29. The summed E-state index contributed by atoms with van der Waals surface area (Å²) < 4.78 is 6.55. The summed E-state index contributed by atoms with van der Waals surface area (Å²) in [5, 5.41) is 5.84. The van der Waals surface area contributed by atoms with E-state index >= 15 is 0 Å². The number of aromatic nitrogens is 3. The van der Waals surface area contributed by atoms with Gasteiger partial charge in [0.1, 0.15) is 11.3 Å². The minimum Gasteiger partial charge on any atom is -0.460 e. The fourth-order valence-corrected chi connectivity index (χ4v) is 7.54. The predicted octanol–water partition coefficient (Wildman–Crippen LogP) is 11.7. The van der Waals surface area contributed by atoms with Gasteiger partial charge in [0.05, 0.1) is 0 Å². The van der Waals surface area contributed by atoms with E-state index in [0.29, 0.717) is 17.5 Å². The largest absolute Gasteiger partial charge is 0.460 e. The van der Waals surface area contributed by atoms with Crippen LogP contribution in [0.15, 0.2) is 174 Å². The second-order valence-electron chi connectivity index (χ2n) is 13.2. The molecule has 0 fully saturated rings. The Morgan fingerprint density at radius 2 is 1.10 bits per heavy atom. The summed E-state index contributed by atoms with van der Waals surface area (Å²) in [6.45, 7) is 0. The molecule has 10 rings (SSSR count). The minimum atomic E-state index is 0.110. The number of hydrogen-bond acceptors (Lipinski definition) is 4. The molecule has 1 unspecified atom stereocenters. The van der Waals surface area contributed by atoms with E-state index in [1.54, 1.807) is 0 Å². The Balaban J connectivity index is 1.17. The predicted molar refractivity (Wildman–Crippen MR) is 207 cm³/mol. The van der Waals surface area contributed by atoms with Crippen LogP contribution >= 0.6 is 0 Å². The number of furan rings is 1. The molecule has 4 heteroatoms. The van der Waals surface area contributed by atoms with Crippen molar-refractivity contribution < 1.29 is 4.42 Å². The maximum atomic E-state index is 6.55. The Morgan fingerprint density at radius 1 is 0.471 bits per heavy atom. The van der Waals surface area contributed by atoms with Gasteiger partial charge in [-0.3, -0.25) is 0 Å². The summed E-state index contributed by atoms with van der Waals surface area (Å²) >= 11 is 0. The van der Waals surface area contributed by atoms with Crippen molar-refractivity contribution in [1.82, 2.24) is 15.0 Å². The van der Waals surface area contributed by atoms with Gasteiger partial charge < -0.3 is 4.42 Å². The first kappa shape index (κ1) is 29.3. The Kier molecular flexibility index (Phi) is 6.91. The van der Waals surface area contributed by atoms with E-state index in [9.17, 15) is 0 Å². The molecule has 51 heavy (non-hydrogen) atoms. The molecule has 2 heterocycles. The van der Waals surface area contributed by atoms with Crippen molar-refractivity contribution in [2.24, 2.45) is 0 Å². The lowest BCUT2D eigenvalue weighted by atomic mass is 9.83. The van der Waals surface area contributed by atoms with Crippen LogP contribution in [0.5, 0.6) is 0 Å². The summed E-state index contributed by atoms with van der Waals surface area (Å²) in [4.78, 5) is 15.6. The first-order chi connectivity index (χ1) is 25.2. The van der Waals surface area contributed by atoms with Crippen molar-refractivity contribution in [2.45, 2.75) is 12.3 Å². The van der Waals surface area contributed by atoms with Crippen LogP contribution < -0.4 is 0 Å². The summed E-state index contributed by atoms with van der Waals surface area (Å²) in [6, 6.07) is 57.2. The first-order valence-corrected chi connectivity index (χ1v) is 17.4. The lowest BCUT2D eigenvalue weighted by Gasteiger charge is -2.21. The molecule has 1 aliphatic carbocycles. The van der Waals surface area contributed by atoms with Crippen LogP contribution in [0.2, 0.25) is 0 Å². The number of fused-ring (bicyclic) bond motifs is 5. The van der Waals surface area contributed by atoms with Crippen LogP contribution in [0.3, 0.4) is 0 Å². The Labute approximate surface area is 295 Å². The molecular formula is C47H31N3O. The molecule has 0 amide bonds. The minimum absolute atomic E-state index is 0.110. The summed E-state index contributed by atoms with van der Waals surface area (Å²) in [7, 11) is 0. The van der Waals surface area contributed by atoms with Gasteiger partial charge >= 0.3 is 0 Å². The topological polar surface area (TPSA) is 51.8 Å². The van der Waals surface area contributed by atoms with Crippen molar-refractivity contribution >= 4 is 38.1 Å². The molecule has 0 radical (unpaired) electrons. The van der Waals surface area contributed by atoms with E-state index in [2.05, 4.69) is 158 Å². The Hall–Kier alpha value is -6.65. The molecule has 1 aliphatic rings. The number of benzene rings is 7. The molecule has 240 valence electrons. The van der Waals surface area contributed by atoms with Crippen molar-refractivity contribution in [3.63, 3.8) is 0 Å². The lowest BCUT2D eigenvalue weighted by molar-refractivity contribution is 0.531. The van der Waals surface area contributed by atoms with Crippen LogP contribution in [0, 0.1) is 0 Å². The van der Waals surface area contributed by atoms with E-state index in [-0.39, 0.29) is 5.92 Å². The van der Waals surface area contributed by atoms with Crippen molar-refractivity contribution in [3.8, 4) is 33.9 Å². The molecule has 0 N–H and O–H groups in total. The fraction of sp³-hybridized carbons (Fsp3) is 0.0426. The van der Waals surface area contributed by atoms with Crippen LogP contribution in [0.1, 0.15) is 28.6 Å². The average molecular weight is 654 g/mol. The number of nitrogens with zero attached hydrogens (tertiary/aromatic N) is 3. The van der Waals surface area contributed by atoms with Gasteiger partial charge in [-0.1, -0.05) is 158 Å². The smallest absolute Gasteiger partial charge is 0.164 e. The van der Waals surface area contributed by atoms with Crippen LogP contribution in [0.4, 0.5) is 0 Å². The zero-order valence-electron chi connectivity index (χ0n) is 27.7. The maximum Gasteiger partial charge on any atom is 0.164 e. The van der Waals surface area contributed by atoms with Gasteiger partial charge in [0.25, 0.3) is 0 Å². The standard InChI is InChI=1S/C47H31N3O/c1-2-11-30(12-3-1)37-28-41(44-40-18-8-9-20-42(40)51-43(44)29-37)47-49-45(48-46(50-47)36-26-21-31-13-4-5-15-35(31)27-36)34-24-22-33(23-25-34)39-19-10-16-32-14-6-7-17-38(32)39/h1-28,37H,29H2. The zero-order valence-corrected chi connectivity index (χ0v) is 27.7. The first-order valence-electron chi connectivity index (χ1n) is 17.4. The molecule has 9 aromatic rings. The van der Waals surface area contributed by atoms with Gasteiger partial charge in [0.15, 0.2) is 17.5 Å². The van der Waals surface area contributed by atoms with Gasteiger partial charge in [0.2, 0.25) is 0 Å². The van der Waals surface area contributed by atoms with Crippen molar-refractivity contribution in [2.75, 3.05) is 0 Å². The van der Waals surface area contributed by atoms with E-state index < -0.39 is 0 Å². The van der Waals surface area contributed by atoms with Crippen LogP contribution in [0.25, 0.3) is 72.0 Å². The van der Waals surface area contributed by atoms with Gasteiger partial charge in [-0.05, 0) is 50.4 Å². The van der Waals surface area contributed by atoms with Crippen molar-refractivity contribution in [1.29, 1.82) is 0 Å². The monoisotopic (exact) mass is 653 g/mol. The molecule has 0 aliphatic heterocycles. The Bertz CT molecular complexity index is 2770. The third-order valence-corrected chi connectivity index (χ3v) is 10.1. The highest BCUT2D eigenvalue weighted by atomic mass is 16.3. The number of allylic oxidation sites excluding steroid dienone is 1. The number of hydrogen-bond donors (Lipinski definition) is 0. The van der Waals surface area contributed by atoms with Crippen molar-refractivity contribution in [3.05, 3.63) is 193 Å². The fourth-order valence-electron chi connectivity index (χ4n) is 7.54. The van der Waals surface area contributed by atoms with E-state index in [4.69, 9.17) is 19.4 Å². The molecule has 0 saturated heterocycles. The molecule has 1 atom stereocenters. The third-order valence-electron chi connectivity index (χ3n) is 10.1. The zero-order chi connectivity index (χ0) is 33.7. The highest BCUT2D eigenvalue weighted by molar-refractivity contribution is 5.98. The quantitative estimate of drug-likeness (QED) is 0.185. The Morgan fingerprint density at radius 3 is 1.94 bits per heavy atom. The lowest BCUT2D eigenvalue weighted by Crippen LogP contribution is -2.11. The molecule has 7 aromatic carbocycles. The van der Waals surface area contributed by atoms with E-state index in [0.717, 1.165) is 56.4 Å². The SMILES string of the molecule is C1=C(c2nc(-c3ccc(-c4cccc5ccccc45)cc3)nc(-c3ccc4ccccc4c3)n2)c2c(oc3ccccc23)CC1c1ccccc1. The second-order valence-corrected chi connectivity index (χ2v) is 13.2. The number of para-hydroxylation sites is 1. The van der Waals surface area contributed by atoms with Gasteiger partial charge in [0, 0.05) is 40.0 Å². The maximum absolute atomic E-state index is 6.55.